The van der Waals surface area contributed by atoms with Crippen LogP contribution >= 0.6 is 0 Å². The Kier molecular flexibility index (Phi) is 3.19. The van der Waals surface area contributed by atoms with Crippen LogP contribution in [0.15, 0.2) is 4.52 Å². The van der Waals surface area contributed by atoms with E-state index < -0.39 is 5.97 Å². The maximum absolute atomic E-state index is 11.3. The van der Waals surface area contributed by atoms with E-state index in [0.717, 1.165) is 6.42 Å². The molecule has 0 spiro atoms. The molecule has 2 atom stereocenters. The Labute approximate surface area is 92.9 Å². The minimum absolute atomic E-state index is 0.0148. The molecule has 0 aromatic carbocycles. The quantitative estimate of drug-likeness (QED) is 0.701. The summed E-state index contributed by atoms with van der Waals surface area (Å²) in [4.78, 5) is 15.3. The molecule has 1 aliphatic rings. The molecule has 6 heteroatoms. The number of nitrogens with zero attached hydrogens (tertiary/aromatic N) is 2. The monoisotopic (exact) mass is 226 g/mol. The molecule has 1 saturated carbocycles. The van der Waals surface area contributed by atoms with Gasteiger partial charge in [0, 0.05) is 6.61 Å². The van der Waals surface area contributed by atoms with E-state index in [4.69, 9.17) is 14.0 Å². The van der Waals surface area contributed by atoms with E-state index in [1.807, 2.05) is 6.92 Å². The average molecular weight is 226 g/mol. The maximum Gasteiger partial charge on any atom is 0.379 e. The van der Waals surface area contributed by atoms with Gasteiger partial charge in [-0.1, -0.05) is 0 Å². The van der Waals surface area contributed by atoms with Gasteiger partial charge in [-0.3, -0.25) is 0 Å². The Balaban J connectivity index is 1.96. The second-order valence-electron chi connectivity index (χ2n) is 3.51. The van der Waals surface area contributed by atoms with Crippen LogP contribution in [0.2, 0.25) is 0 Å². The van der Waals surface area contributed by atoms with E-state index in [0.29, 0.717) is 19.1 Å². The Morgan fingerprint density at radius 1 is 1.50 bits per heavy atom. The fourth-order valence-corrected chi connectivity index (χ4v) is 1.49. The third-order valence-corrected chi connectivity index (χ3v) is 2.33. The van der Waals surface area contributed by atoms with Crippen LogP contribution in [0.1, 0.15) is 42.7 Å². The lowest BCUT2D eigenvalue weighted by atomic mass is 10.4. The van der Waals surface area contributed by atoms with Crippen molar-refractivity contribution in [1.82, 2.24) is 10.1 Å². The Morgan fingerprint density at radius 2 is 2.31 bits per heavy atom. The minimum atomic E-state index is -0.550. The Bertz CT molecular complexity index is 377. The largest absolute Gasteiger partial charge is 0.460 e. The molecule has 2 rings (SSSR count). The predicted molar refractivity (Wildman–Crippen MR) is 53.0 cm³/mol. The van der Waals surface area contributed by atoms with Crippen molar-refractivity contribution >= 4 is 5.97 Å². The van der Waals surface area contributed by atoms with Gasteiger partial charge in [0.2, 0.25) is 5.89 Å². The molecular weight excluding hydrogens is 212 g/mol. The summed E-state index contributed by atoms with van der Waals surface area (Å²) in [5, 5.41) is 3.57. The highest BCUT2D eigenvalue weighted by Crippen LogP contribution is 2.42. The number of hydrogen-bond acceptors (Lipinski definition) is 6. The fourth-order valence-electron chi connectivity index (χ4n) is 1.49. The Morgan fingerprint density at radius 3 is 3.00 bits per heavy atom. The molecular formula is C10H14N2O4. The van der Waals surface area contributed by atoms with Crippen LogP contribution in [0, 0.1) is 0 Å². The van der Waals surface area contributed by atoms with Gasteiger partial charge in [-0.05, 0) is 25.4 Å². The molecule has 1 aromatic heterocycles. The van der Waals surface area contributed by atoms with E-state index in [9.17, 15) is 4.79 Å². The van der Waals surface area contributed by atoms with Crippen LogP contribution in [-0.2, 0) is 9.47 Å². The number of esters is 1. The van der Waals surface area contributed by atoms with Gasteiger partial charge in [-0.25, -0.2) is 4.79 Å². The normalized spacial score (nSPS) is 23.1. The van der Waals surface area contributed by atoms with Crippen LogP contribution in [0.5, 0.6) is 0 Å². The molecule has 0 aliphatic heterocycles. The summed E-state index contributed by atoms with van der Waals surface area (Å²) in [7, 11) is 0. The standard InChI is InChI=1S/C10H14N2O4/c1-3-14-7-5-6(7)9-11-8(12-16-9)10(13)15-4-2/h6-7H,3-5H2,1-2H3. The number of aromatic nitrogens is 2. The van der Waals surface area contributed by atoms with Gasteiger partial charge in [0.05, 0.1) is 18.6 Å². The topological polar surface area (TPSA) is 74.5 Å². The second kappa shape index (κ2) is 4.61. The van der Waals surface area contributed by atoms with Gasteiger partial charge in [0.1, 0.15) is 0 Å². The first-order valence-electron chi connectivity index (χ1n) is 5.38. The highest BCUT2D eigenvalue weighted by atomic mass is 16.5. The first-order chi connectivity index (χ1) is 7.76. The van der Waals surface area contributed by atoms with Gasteiger partial charge in [0.25, 0.3) is 5.82 Å². The van der Waals surface area contributed by atoms with Gasteiger partial charge < -0.3 is 14.0 Å². The molecule has 0 bridgehead atoms. The molecule has 1 aliphatic carbocycles. The minimum Gasteiger partial charge on any atom is -0.460 e. The van der Waals surface area contributed by atoms with Crippen molar-refractivity contribution in [3.63, 3.8) is 0 Å². The van der Waals surface area contributed by atoms with E-state index >= 15 is 0 Å². The molecule has 1 heterocycles. The van der Waals surface area contributed by atoms with Crippen LogP contribution < -0.4 is 0 Å². The summed E-state index contributed by atoms with van der Waals surface area (Å²) in [6, 6.07) is 0. The summed E-state index contributed by atoms with van der Waals surface area (Å²) in [5.74, 6) is 0.0298. The number of hydrogen-bond donors (Lipinski definition) is 0. The molecule has 0 N–H and O–H groups in total. The summed E-state index contributed by atoms with van der Waals surface area (Å²) in [6.07, 6.45) is 1.03. The van der Waals surface area contributed by atoms with Gasteiger partial charge in [-0.2, -0.15) is 4.98 Å². The Hall–Kier alpha value is -1.43. The summed E-state index contributed by atoms with van der Waals surface area (Å²) >= 11 is 0. The van der Waals surface area contributed by atoms with E-state index in [-0.39, 0.29) is 17.8 Å². The lowest BCUT2D eigenvalue weighted by Crippen LogP contribution is -2.06. The number of rotatable bonds is 5. The van der Waals surface area contributed by atoms with Gasteiger partial charge >= 0.3 is 5.97 Å². The molecule has 1 fully saturated rings. The van der Waals surface area contributed by atoms with Crippen molar-refractivity contribution in [3.05, 3.63) is 11.7 Å². The molecule has 6 nitrogen and oxygen atoms in total. The van der Waals surface area contributed by atoms with E-state index in [2.05, 4.69) is 10.1 Å². The van der Waals surface area contributed by atoms with Crippen LogP contribution in [-0.4, -0.2) is 35.4 Å². The SMILES string of the molecule is CCOC(=O)c1noc(C2CC2OCC)n1. The third kappa shape index (κ3) is 2.21. The van der Waals surface area contributed by atoms with Crippen LogP contribution in [0.4, 0.5) is 0 Å². The van der Waals surface area contributed by atoms with Crippen molar-refractivity contribution in [2.24, 2.45) is 0 Å². The number of carbonyl (C=O) groups excluding carboxylic acids is 1. The lowest BCUT2D eigenvalue weighted by Gasteiger charge is -1.95. The first kappa shape index (κ1) is 11.1. The molecule has 2 unspecified atom stereocenters. The smallest absolute Gasteiger partial charge is 0.379 e. The molecule has 0 radical (unpaired) electrons. The van der Waals surface area contributed by atoms with Crippen molar-refractivity contribution in [3.8, 4) is 0 Å². The maximum atomic E-state index is 11.3. The van der Waals surface area contributed by atoms with Gasteiger partial charge in [0.15, 0.2) is 0 Å². The van der Waals surface area contributed by atoms with Crippen LogP contribution in [0.25, 0.3) is 0 Å². The first-order valence-corrected chi connectivity index (χ1v) is 5.38. The number of carbonyl (C=O) groups is 1. The fraction of sp³-hybridized carbons (Fsp3) is 0.700. The second-order valence-corrected chi connectivity index (χ2v) is 3.51. The zero-order valence-corrected chi connectivity index (χ0v) is 9.30. The van der Waals surface area contributed by atoms with E-state index in [1.54, 1.807) is 6.92 Å². The predicted octanol–water partition coefficient (Wildman–Crippen LogP) is 1.14. The van der Waals surface area contributed by atoms with E-state index in [1.165, 1.54) is 0 Å². The number of ether oxygens (including phenoxy) is 2. The molecule has 88 valence electrons. The highest BCUT2D eigenvalue weighted by Gasteiger charge is 2.44. The lowest BCUT2D eigenvalue weighted by molar-refractivity contribution is 0.0508. The highest BCUT2D eigenvalue weighted by molar-refractivity contribution is 5.84. The summed E-state index contributed by atoms with van der Waals surface area (Å²) in [5.41, 5.74) is 0. The summed E-state index contributed by atoms with van der Waals surface area (Å²) < 4.78 is 15.1. The molecule has 1 aromatic rings. The molecule has 16 heavy (non-hydrogen) atoms. The molecule has 0 amide bonds. The van der Waals surface area contributed by atoms with Crippen molar-refractivity contribution in [2.45, 2.75) is 32.3 Å². The van der Waals surface area contributed by atoms with Crippen molar-refractivity contribution < 1.29 is 18.8 Å². The van der Waals surface area contributed by atoms with Crippen molar-refractivity contribution in [2.75, 3.05) is 13.2 Å². The van der Waals surface area contributed by atoms with Crippen LogP contribution in [0.3, 0.4) is 0 Å². The summed E-state index contributed by atoms with van der Waals surface area (Å²) in [6.45, 7) is 4.63. The average Bonchev–Trinajstić information content (AvgIpc) is 2.86. The zero-order chi connectivity index (χ0) is 11.5. The van der Waals surface area contributed by atoms with Crippen molar-refractivity contribution in [1.29, 1.82) is 0 Å². The van der Waals surface area contributed by atoms with Gasteiger partial charge in [-0.15, -0.1) is 0 Å². The zero-order valence-electron chi connectivity index (χ0n) is 9.30. The molecule has 0 saturated heterocycles. The third-order valence-electron chi connectivity index (χ3n) is 2.33.